The van der Waals surface area contributed by atoms with Crippen LogP contribution in [0.2, 0.25) is 0 Å². The van der Waals surface area contributed by atoms with Gasteiger partial charge < -0.3 is 0 Å². The number of aromatic nitrogens is 4. The molecule has 1 fully saturated rings. The van der Waals surface area contributed by atoms with Crippen LogP contribution in [-0.2, 0) is 23.6 Å². The van der Waals surface area contributed by atoms with Gasteiger partial charge in [-0.2, -0.15) is 0 Å². The molecule has 1 aliphatic carbocycles. The number of rotatable bonds is 6. The molecular weight excluding hydrogens is 474 g/mol. The first-order valence-corrected chi connectivity index (χ1v) is 13.2. The Labute approximate surface area is 200 Å². The fraction of sp³-hybridized carbons (Fsp3) is 0.348. The van der Waals surface area contributed by atoms with Crippen molar-refractivity contribution in [2.75, 3.05) is 0 Å². The summed E-state index contributed by atoms with van der Waals surface area (Å²) in [5.74, 6) is 0. The van der Waals surface area contributed by atoms with Crippen molar-refractivity contribution in [2.45, 2.75) is 50.6 Å². The van der Waals surface area contributed by atoms with Gasteiger partial charge in [-0.25, -0.2) is 22.9 Å². The Morgan fingerprint density at radius 3 is 2.44 bits per heavy atom. The minimum absolute atomic E-state index is 0.00839. The molecular formula is C23H25N5O4S2. The number of nitrogens with zero attached hydrogens (tertiary/aromatic N) is 4. The smallest absolute Gasteiger partial charge is 0.296 e. The van der Waals surface area contributed by atoms with Crippen molar-refractivity contribution in [3.8, 4) is 5.13 Å². The lowest BCUT2D eigenvalue weighted by atomic mass is 10.2. The normalized spacial score (nSPS) is 15.2. The van der Waals surface area contributed by atoms with Gasteiger partial charge in [-0.1, -0.05) is 11.3 Å². The second kappa shape index (κ2) is 7.76. The predicted molar refractivity (Wildman–Crippen MR) is 131 cm³/mol. The highest BCUT2D eigenvalue weighted by atomic mass is 32.2. The average molecular weight is 500 g/mol. The Bertz CT molecular complexity index is 1650. The second-order valence-electron chi connectivity index (χ2n) is 9.14. The molecule has 5 rings (SSSR count). The van der Waals surface area contributed by atoms with Crippen LogP contribution in [0.15, 0.2) is 51.0 Å². The van der Waals surface area contributed by atoms with E-state index in [1.54, 1.807) is 13.2 Å². The lowest BCUT2D eigenvalue weighted by Crippen LogP contribution is -2.39. The van der Waals surface area contributed by atoms with Gasteiger partial charge in [0.05, 0.1) is 22.3 Å². The molecule has 0 saturated heterocycles. The lowest BCUT2D eigenvalue weighted by molar-refractivity contribution is 0.558. The lowest BCUT2D eigenvalue weighted by Gasteiger charge is -2.14. The van der Waals surface area contributed by atoms with Crippen molar-refractivity contribution >= 4 is 32.3 Å². The van der Waals surface area contributed by atoms with E-state index in [0.29, 0.717) is 5.52 Å². The molecule has 11 heteroatoms. The number of hydrogen-bond acceptors (Lipinski definition) is 6. The molecule has 0 amide bonds. The van der Waals surface area contributed by atoms with E-state index in [2.05, 4.69) is 9.71 Å². The Hall–Kier alpha value is -3.02. The Kier molecular flexibility index (Phi) is 5.19. The maximum absolute atomic E-state index is 13.3. The summed E-state index contributed by atoms with van der Waals surface area (Å²) in [6, 6.07) is 8.30. The number of fused-ring (bicyclic) bond motifs is 1. The molecule has 1 aromatic carbocycles. The van der Waals surface area contributed by atoms with E-state index < -0.39 is 26.8 Å². The van der Waals surface area contributed by atoms with Crippen LogP contribution in [-0.4, -0.2) is 32.6 Å². The van der Waals surface area contributed by atoms with Crippen molar-refractivity contribution in [2.24, 2.45) is 7.05 Å². The van der Waals surface area contributed by atoms with Crippen LogP contribution in [0.3, 0.4) is 0 Å². The Balaban J connectivity index is 1.57. The SMILES string of the molecule is Cc1ccc(C)n1-c1ncc(Cn2c(=O)c3cc(S(=O)(=O)NC4(C)CC4)ccc3n(C)c2=O)s1. The predicted octanol–water partition coefficient (Wildman–Crippen LogP) is 2.44. The van der Waals surface area contributed by atoms with Gasteiger partial charge in [0.2, 0.25) is 10.0 Å². The zero-order chi connectivity index (χ0) is 24.4. The van der Waals surface area contributed by atoms with Gasteiger partial charge >= 0.3 is 5.69 Å². The highest BCUT2D eigenvalue weighted by Crippen LogP contribution is 2.36. The molecule has 0 bridgehead atoms. The van der Waals surface area contributed by atoms with Crippen molar-refractivity contribution in [3.63, 3.8) is 0 Å². The molecule has 0 aliphatic heterocycles. The van der Waals surface area contributed by atoms with Gasteiger partial charge in [0, 0.05) is 35.0 Å². The first-order valence-electron chi connectivity index (χ1n) is 10.9. The van der Waals surface area contributed by atoms with Crippen molar-refractivity contribution < 1.29 is 8.42 Å². The molecule has 0 atom stereocenters. The van der Waals surface area contributed by atoms with Crippen LogP contribution in [0, 0.1) is 13.8 Å². The van der Waals surface area contributed by atoms with E-state index in [-0.39, 0.29) is 16.8 Å². The highest BCUT2D eigenvalue weighted by Gasteiger charge is 2.41. The van der Waals surface area contributed by atoms with Crippen molar-refractivity contribution in [1.29, 1.82) is 0 Å². The molecule has 0 unspecified atom stereocenters. The molecule has 0 radical (unpaired) electrons. The third-order valence-corrected chi connectivity index (χ3v) is 8.93. The molecule has 1 saturated carbocycles. The summed E-state index contributed by atoms with van der Waals surface area (Å²) in [6.07, 6.45) is 3.22. The van der Waals surface area contributed by atoms with Crippen molar-refractivity contribution in [3.05, 3.63) is 73.6 Å². The minimum Gasteiger partial charge on any atom is -0.296 e. The van der Waals surface area contributed by atoms with E-state index in [4.69, 9.17) is 0 Å². The van der Waals surface area contributed by atoms with Gasteiger partial charge in [0.15, 0.2) is 5.13 Å². The number of nitrogens with one attached hydrogen (secondary N) is 1. The summed E-state index contributed by atoms with van der Waals surface area (Å²) in [6.45, 7) is 5.87. The summed E-state index contributed by atoms with van der Waals surface area (Å²) >= 11 is 1.40. The van der Waals surface area contributed by atoms with E-state index in [9.17, 15) is 18.0 Å². The zero-order valence-corrected chi connectivity index (χ0v) is 21.0. The topological polar surface area (TPSA) is 108 Å². The number of thiazole rings is 1. The van der Waals surface area contributed by atoms with Crippen molar-refractivity contribution in [1.82, 2.24) is 23.4 Å². The first kappa shape index (κ1) is 22.8. The average Bonchev–Trinajstić information content (AvgIpc) is 3.16. The third-order valence-electron chi connectivity index (χ3n) is 6.33. The summed E-state index contributed by atoms with van der Waals surface area (Å²) in [7, 11) is -2.21. The standard InChI is InChI=1S/C23H25N5O4S2/c1-14-5-6-15(2)28(14)21-24-12-16(33-21)13-27-20(29)18-11-17(7-8-19(18)26(4)22(27)30)34(31,32)25-23(3)9-10-23/h5-8,11-12,25H,9-10,13H2,1-4H3. The van der Waals surface area contributed by atoms with Gasteiger partial charge in [-0.05, 0) is 63.9 Å². The number of hydrogen-bond donors (Lipinski definition) is 1. The summed E-state index contributed by atoms with van der Waals surface area (Å²) in [4.78, 5) is 31.6. The highest BCUT2D eigenvalue weighted by molar-refractivity contribution is 7.89. The number of sulfonamides is 1. The number of aryl methyl sites for hydroxylation is 3. The number of benzene rings is 1. The van der Waals surface area contributed by atoms with E-state index in [1.165, 1.54) is 34.1 Å². The van der Waals surface area contributed by atoms with Gasteiger partial charge in [-0.3, -0.25) is 18.5 Å². The maximum Gasteiger partial charge on any atom is 0.331 e. The molecule has 9 nitrogen and oxygen atoms in total. The van der Waals surface area contributed by atoms with Gasteiger partial charge in [0.25, 0.3) is 5.56 Å². The first-order chi connectivity index (χ1) is 16.0. The largest absolute Gasteiger partial charge is 0.331 e. The fourth-order valence-corrected chi connectivity index (χ4v) is 6.58. The Morgan fingerprint density at radius 1 is 1.12 bits per heavy atom. The van der Waals surface area contributed by atoms with E-state index in [0.717, 1.165) is 38.8 Å². The van der Waals surface area contributed by atoms with E-state index in [1.807, 2.05) is 37.5 Å². The molecule has 3 aromatic heterocycles. The fourth-order valence-electron chi connectivity index (χ4n) is 4.07. The molecule has 178 valence electrons. The maximum atomic E-state index is 13.3. The molecule has 0 spiro atoms. The minimum atomic E-state index is -3.78. The summed E-state index contributed by atoms with van der Waals surface area (Å²) < 4.78 is 32.9. The van der Waals surface area contributed by atoms with Crippen LogP contribution < -0.4 is 16.0 Å². The molecule has 3 heterocycles. The summed E-state index contributed by atoms with van der Waals surface area (Å²) in [5.41, 5.74) is 1.03. The van der Waals surface area contributed by atoms with Crippen LogP contribution in [0.4, 0.5) is 0 Å². The molecule has 34 heavy (non-hydrogen) atoms. The monoisotopic (exact) mass is 499 g/mol. The molecule has 1 aliphatic rings. The summed E-state index contributed by atoms with van der Waals surface area (Å²) in [5, 5.41) is 0.932. The van der Waals surface area contributed by atoms with Crippen LogP contribution in [0.1, 0.15) is 36.0 Å². The van der Waals surface area contributed by atoms with E-state index >= 15 is 0 Å². The molecule has 1 N–H and O–H groups in total. The third kappa shape index (κ3) is 3.83. The van der Waals surface area contributed by atoms with Gasteiger partial charge in [-0.15, -0.1) is 0 Å². The van der Waals surface area contributed by atoms with Crippen LogP contribution >= 0.6 is 11.3 Å². The quantitative estimate of drug-likeness (QED) is 0.438. The molecule has 4 aromatic rings. The van der Waals surface area contributed by atoms with Gasteiger partial charge in [0.1, 0.15) is 0 Å². The second-order valence-corrected chi connectivity index (χ2v) is 11.9. The van der Waals surface area contributed by atoms with Crippen LogP contribution in [0.5, 0.6) is 0 Å². The van der Waals surface area contributed by atoms with Crippen LogP contribution in [0.25, 0.3) is 16.0 Å². The zero-order valence-electron chi connectivity index (χ0n) is 19.3. The Morgan fingerprint density at radius 2 is 1.79 bits per heavy atom.